The van der Waals surface area contributed by atoms with Crippen LogP contribution in [-0.4, -0.2) is 49.8 Å². The standard InChI is InChI=1S/C10H18Cl2N2O2.C6H16N2/c11-7-9(15)13-5-3-1-2-4-6-14-10(16)8-12;7-5-3-1-2-4-6-8/h1-8H2,(H,13,15)(H,14,16);1-8H2. The number of halogens is 2. The van der Waals surface area contributed by atoms with Gasteiger partial charge in [0.2, 0.25) is 11.8 Å². The van der Waals surface area contributed by atoms with Gasteiger partial charge in [-0.25, -0.2) is 0 Å². The molecule has 0 unspecified atom stereocenters. The molecule has 6 nitrogen and oxygen atoms in total. The first-order valence-electron chi connectivity index (χ1n) is 8.67. The van der Waals surface area contributed by atoms with E-state index in [1.54, 1.807) is 0 Å². The van der Waals surface area contributed by atoms with E-state index in [1.807, 2.05) is 0 Å². The van der Waals surface area contributed by atoms with E-state index < -0.39 is 0 Å². The highest BCUT2D eigenvalue weighted by molar-refractivity contribution is 6.27. The van der Waals surface area contributed by atoms with Crippen molar-refractivity contribution < 1.29 is 9.59 Å². The van der Waals surface area contributed by atoms with Crippen LogP contribution in [0, 0.1) is 0 Å². The summed E-state index contributed by atoms with van der Waals surface area (Å²) in [6, 6.07) is 0. The topological polar surface area (TPSA) is 110 Å². The Balaban J connectivity index is 0. The smallest absolute Gasteiger partial charge is 0.234 e. The van der Waals surface area contributed by atoms with Crippen LogP contribution in [0.25, 0.3) is 0 Å². The van der Waals surface area contributed by atoms with E-state index in [0.717, 1.165) is 51.6 Å². The highest BCUT2D eigenvalue weighted by Gasteiger charge is 1.98. The van der Waals surface area contributed by atoms with E-state index in [1.165, 1.54) is 12.8 Å². The molecule has 0 heterocycles. The molecule has 0 rings (SSSR count). The molecule has 0 aromatic heterocycles. The summed E-state index contributed by atoms with van der Waals surface area (Å²) in [6.07, 6.45) is 8.72. The van der Waals surface area contributed by atoms with Gasteiger partial charge in [-0.1, -0.05) is 25.7 Å². The molecule has 0 aromatic rings. The number of hydrogen-bond donors (Lipinski definition) is 4. The largest absolute Gasteiger partial charge is 0.355 e. The van der Waals surface area contributed by atoms with Gasteiger partial charge in [-0.2, -0.15) is 0 Å². The van der Waals surface area contributed by atoms with Crippen molar-refractivity contribution in [1.82, 2.24) is 10.6 Å². The number of hydrogen-bond acceptors (Lipinski definition) is 4. The van der Waals surface area contributed by atoms with Crippen LogP contribution in [0.1, 0.15) is 51.4 Å². The molecule has 8 heteroatoms. The summed E-state index contributed by atoms with van der Waals surface area (Å²) in [7, 11) is 0. The number of nitrogens with one attached hydrogen (secondary N) is 2. The van der Waals surface area contributed by atoms with Crippen molar-refractivity contribution in [2.24, 2.45) is 11.5 Å². The van der Waals surface area contributed by atoms with Crippen molar-refractivity contribution in [1.29, 1.82) is 0 Å². The number of unbranched alkanes of at least 4 members (excludes halogenated alkanes) is 6. The van der Waals surface area contributed by atoms with E-state index >= 15 is 0 Å². The van der Waals surface area contributed by atoms with Gasteiger partial charge in [0.05, 0.1) is 0 Å². The van der Waals surface area contributed by atoms with Gasteiger partial charge >= 0.3 is 0 Å². The van der Waals surface area contributed by atoms with E-state index in [9.17, 15) is 9.59 Å². The van der Waals surface area contributed by atoms with Crippen LogP contribution in [0.4, 0.5) is 0 Å². The molecule has 0 aliphatic rings. The predicted molar refractivity (Wildman–Crippen MR) is 103 cm³/mol. The zero-order chi connectivity index (χ0) is 18.5. The fourth-order valence-corrected chi connectivity index (χ4v) is 1.98. The van der Waals surface area contributed by atoms with Crippen LogP contribution in [-0.2, 0) is 9.59 Å². The minimum Gasteiger partial charge on any atom is -0.355 e. The molecule has 0 spiro atoms. The molecule has 0 saturated carbocycles. The number of carbonyl (C=O) groups excluding carboxylic acids is 2. The van der Waals surface area contributed by atoms with Crippen LogP contribution in [0.15, 0.2) is 0 Å². The average molecular weight is 385 g/mol. The van der Waals surface area contributed by atoms with Crippen molar-refractivity contribution in [2.75, 3.05) is 37.9 Å². The van der Waals surface area contributed by atoms with Crippen LogP contribution >= 0.6 is 23.2 Å². The zero-order valence-corrected chi connectivity index (χ0v) is 16.1. The molecule has 2 amide bonds. The maximum Gasteiger partial charge on any atom is 0.234 e. The van der Waals surface area contributed by atoms with Crippen LogP contribution in [0.5, 0.6) is 0 Å². The van der Waals surface area contributed by atoms with E-state index in [0.29, 0.717) is 13.1 Å². The van der Waals surface area contributed by atoms with Gasteiger partial charge < -0.3 is 22.1 Å². The van der Waals surface area contributed by atoms with Crippen molar-refractivity contribution in [2.45, 2.75) is 51.4 Å². The lowest BCUT2D eigenvalue weighted by Crippen LogP contribution is -2.26. The summed E-state index contributed by atoms with van der Waals surface area (Å²) in [4.78, 5) is 21.5. The summed E-state index contributed by atoms with van der Waals surface area (Å²) < 4.78 is 0. The summed E-state index contributed by atoms with van der Waals surface area (Å²) in [5, 5.41) is 5.39. The summed E-state index contributed by atoms with van der Waals surface area (Å²) >= 11 is 10.6. The third-order valence-corrected chi connectivity index (χ3v) is 3.63. The Labute approximate surface area is 156 Å². The lowest BCUT2D eigenvalue weighted by Gasteiger charge is -2.04. The number of alkyl halides is 2. The molecule has 6 N–H and O–H groups in total. The van der Waals surface area contributed by atoms with Gasteiger partial charge in [0.25, 0.3) is 0 Å². The first-order chi connectivity index (χ1) is 11.6. The molecule has 0 aliphatic heterocycles. The van der Waals surface area contributed by atoms with E-state index in [4.69, 9.17) is 34.7 Å². The minimum atomic E-state index is -0.129. The second-order valence-corrected chi connectivity index (χ2v) is 5.91. The Morgan fingerprint density at radius 1 is 0.625 bits per heavy atom. The third-order valence-electron chi connectivity index (χ3n) is 3.15. The Bertz CT molecular complexity index is 267. The van der Waals surface area contributed by atoms with Gasteiger partial charge in [0.15, 0.2) is 0 Å². The first-order valence-corrected chi connectivity index (χ1v) is 9.74. The molecule has 0 fully saturated rings. The van der Waals surface area contributed by atoms with Gasteiger partial charge in [0, 0.05) is 13.1 Å². The predicted octanol–water partition coefficient (Wildman–Crippen LogP) is 1.72. The second-order valence-electron chi connectivity index (χ2n) is 5.37. The van der Waals surface area contributed by atoms with Gasteiger partial charge in [-0.15, -0.1) is 23.2 Å². The summed E-state index contributed by atoms with van der Waals surface area (Å²) in [5.74, 6) is -0.221. The van der Waals surface area contributed by atoms with Crippen molar-refractivity contribution in [3.63, 3.8) is 0 Å². The highest BCUT2D eigenvalue weighted by Crippen LogP contribution is 1.98. The van der Waals surface area contributed by atoms with Gasteiger partial charge in [0.1, 0.15) is 11.8 Å². The number of amides is 2. The van der Waals surface area contributed by atoms with Crippen molar-refractivity contribution in [3.05, 3.63) is 0 Å². The number of carbonyl (C=O) groups is 2. The monoisotopic (exact) mass is 384 g/mol. The molecule has 0 aromatic carbocycles. The first kappa shape index (κ1) is 25.7. The van der Waals surface area contributed by atoms with Gasteiger partial charge in [-0.3, -0.25) is 9.59 Å². The van der Waals surface area contributed by atoms with E-state index in [2.05, 4.69) is 10.6 Å². The van der Waals surface area contributed by atoms with Crippen LogP contribution in [0.2, 0.25) is 0 Å². The Kier molecular flexibility index (Phi) is 24.0. The zero-order valence-electron chi connectivity index (χ0n) is 14.6. The van der Waals surface area contributed by atoms with Gasteiger partial charge in [-0.05, 0) is 38.8 Å². The molecular weight excluding hydrogens is 351 g/mol. The summed E-state index contributed by atoms with van der Waals surface area (Å²) in [5.41, 5.74) is 10.6. The lowest BCUT2D eigenvalue weighted by atomic mass is 10.2. The second kappa shape index (κ2) is 22.4. The Morgan fingerprint density at radius 3 is 1.25 bits per heavy atom. The fourth-order valence-electron chi connectivity index (χ4n) is 1.80. The summed E-state index contributed by atoms with van der Waals surface area (Å²) in [6.45, 7) is 2.98. The molecule has 144 valence electrons. The van der Waals surface area contributed by atoms with Crippen LogP contribution in [0.3, 0.4) is 0 Å². The molecular formula is C16H34Cl2N4O2. The maximum atomic E-state index is 10.8. The van der Waals surface area contributed by atoms with Crippen LogP contribution < -0.4 is 22.1 Å². The van der Waals surface area contributed by atoms with E-state index in [-0.39, 0.29) is 23.6 Å². The van der Waals surface area contributed by atoms with Crippen molar-refractivity contribution in [3.8, 4) is 0 Å². The molecule has 0 bridgehead atoms. The molecule has 0 saturated heterocycles. The lowest BCUT2D eigenvalue weighted by molar-refractivity contribution is -0.119. The average Bonchev–Trinajstić information content (AvgIpc) is 2.61. The molecule has 0 radical (unpaired) electrons. The Morgan fingerprint density at radius 2 is 0.958 bits per heavy atom. The molecule has 0 atom stereocenters. The number of rotatable bonds is 14. The highest BCUT2D eigenvalue weighted by atomic mass is 35.5. The third kappa shape index (κ3) is 23.7. The molecule has 24 heavy (non-hydrogen) atoms. The Hall–Kier alpha value is -0.560. The fraction of sp³-hybridized carbons (Fsp3) is 0.875. The molecule has 0 aliphatic carbocycles. The maximum absolute atomic E-state index is 10.8. The quantitative estimate of drug-likeness (QED) is 0.270. The number of nitrogens with two attached hydrogens (primary N) is 2. The minimum absolute atomic E-state index is 0.0183. The normalized spacial score (nSPS) is 9.83. The van der Waals surface area contributed by atoms with Crippen molar-refractivity contribution >= 4 is 35.0 Å². The SMILES string of the molecule is NCCCCCCN.O=C(CCl)NCCCCCCNC(=O)CCl.